The number of para-hydroxylation sites is 1. The summed E-state index contributed by atoms with van der Waals surface area (Å²) in [5.74, 6) is -2.17. The Morgan fingerprint density at radius 2 is 1.59 bits per heavy atom. The van der Waals surface area contributed by atoms with E-state index in [9.17, 15) is 23.6 Å². The molecule has 0 aliphatic carbocycles. The van der Waals surface area contributed by atoms with Crippen LogP contribution in [0.15, 0.2) is 48.5 Å². The van der Waals surface area contributed by atoms with Gasteiger partial charge in [0, 0.05) is 37.7 Å². The normalized spacial score (nSPS) is 14.5. The van der Waals surface area contributed by atoms with Gasteiger partial charge in [-0.05, 0) is 25.0 Å². The predicted molar refractivity (Wildman–Crippen MR) is 144 cm³/mol. The monoisotopic (exact) mass is 572 g/mol. The number of halogens is 1. The summed E-state index contributed by atoms with van der Waals surface area (Å²) >= 11 is 0. The fraction of sp³-hybridized carbons (Fsp3) is 0.379. The van der Waals surface area contributed by atoms with Crippen molar-refractivity contribution in [3.8, 4) is 18.1 Å². The summed E-state index contributed by atoms with van der Waals surface area (Å²) in [7, 11) is 0. The van der Waals surface area contributed by atoms with Gasteiger partial charge < -0.3 is 30.5 Å². The molecule has 1 saturated heterocycles. The largest absolute Gasteiger partial charge is 0.481 e. The van der Waals surface area contributed by atoms with Gasteiger partial charge in [-0.1, -0.05) is 42.3 Å². The maximum absolute atomic E-state index is 14.5. The van der Waals surface area contributed by atoms with Crippen molar-refractivity contribution in [1.29, 1.82) is 0 Å². The molecule has 1 fully saturated rings. The van der Waals surface area contributed by atoms with Crippen molar-refractivity contribution in [2.24, 2.45) is 0 Å². The van der Waals surface area contributed by atoms with Gasteiger partial charge in [0.05, 0.1) is 18.4 Å². The summed E-state index contributed by atoms with van der Waals surface area (Å²) in [6, 6.07) is 14.5. The van der Waals surface area contributed by atoms with Crippen LogP contribution in [0.1, 0.15) is 43.7 Å². The van der Waals surface area contributed by atoms with Crippen LogP contribution in [0, 0.1) is 18.2 Å². The zero-order chi connectivity index (χ0) is 30.6. The summed E-state index contributed by atoms with van der Waals surface area (Å²) in [6.45, 7) is 3.90. The second-order valence-electron chi connectivity index (χ2n) is 9.60. The van der Waals surface area contributed by atoms with E-state index in [2.05, 4.69) is 16.1 Å². The SMILES string of the molecule is C#CCOc1ccccc1CN1CCC(NC(C)=O)(c2ccccc2F)CC1.O=C(O)CC(O)(CC(=O)O)C(=O)O. The van der Waals surface area contributed by atoms with E-state index in [0.717, 1.165) is 24.4 Å². The Kier molecular flexibility index (Phi) is 11.8. The number of aliphatic carboxylic acids is 3. The average Bonchev–Trinajstić information content (AvgIpc) is 2.88. The van der Waals surface area contributed by atoms with Crippen LogP contribution in [0.5, 0.6) is 5.75 Å². The summed E-state index contributed by atoms with van der Waals surface area (Å²) in [5.41, 5.74) is -1.79. The number of hydrogen-bond donors (Lipinski definition) is 5. The molecule has 0 atom stereocenters. The molecule has 5 N–H and O–H groups in total. The lowest BCUT2D eigenvalue weighted by molar-refractivity contribution is -0.170. The van der Waals surface area contributed by atoms with Crippen LogP contribution in [0.3, 0.4) is 0 Å². The van der Waals surface area contributed by atoms with E-state index in [-0.39, 0.29) is 18.3 Å². The topological polar surface area (TPSA) is 174 Å². The van der Waals surface area contributed by atoms with Gasteiger partial charge in [-0.2, -0.15) is 0 Å². The van der Waals surface area contributed by atoms with Gasteiger partial charge in [0.1, 0.15) is 18.2 Å². The number of rotatable bonds is 11. The van der Waals surface area contributed by atoms with Crippen molar-refractivity contribution in [3.05, 3.63) is 65.5 Å². The highest BCUT2D eigenvalue weighted by molar-refractivity contribution is 5.88. The molecule has 1 amide bonds. The van der Waals surface area contributed by atoms with E-state index in [1.165, 1.54) is 13.0 Å². The van der Waals surface area contributed by atoms with Gasteiger partial charge in [-0.15, -0.1) is 6.42 Å². The van der Waals surface area contributed by atoms with Crippen LogP contribution in [0.2, 0.25) is 0 Å². The van der Waals surface area contributed by atoms with Gasteiger partial charge in [0.15, 0.2) is 5.60 Å². The van der Waals surface area contributed by atoms with Gasteiger partial charge in [-0.3, -0.25) is 19.3 Å². The number of nitrogens with one attached hydrogen (secondary N) is 1. The molecule has 12 heteroatoms. The Morgan fingerprint density at radius 3 is 2.10 bits per heavy atom. The summed E-state index contributed by atoms with van der Waals surface area (Å²) < 4.78 is 20.1. The minimum atomic E-state index is -2.74. The number of piperidine rings is 1. The molecule has 3 rings (SSSR count). The molecule has 2 aromatic rings. The van der Waals surface area contributed by atoms with Crippen LogP contribution >= 0.6 is 0 Å². The third kappa shape index (κ3) is 9.59. The lowest BCUT2D eigenvalue weighted by Crippen LogP contribution is -2.52. The van der Waals surface area contributed by atoms with Crippen molar-refractivity contribution in [3.63, 3.8) is 0 Å². The average molecular weight is 573 g/mol. The molecule has 1 aliphatic heterocycles. The zero-order valence-electron chi connectivity index (χ0n) is 22.5. The first-order valence-electron chi connectivity index (χ1n) is 12.6. The van der Waals surface area contributed by atoms with Crippen molar-refractivity contribution in [2.75, 3.05) is 19.7 Å². The number of carbonyl (C=O) groups is 4. The molecule has 220 valence electrons. The molecule has 0 spiro atoms. The molecule has 1 aliphatic rings. The second-order valence-corrected chi connectivity index (χ2v) is 9.60. The van der Waals surface area contributed by atoms with Crippen molar-refractivity contribution >= 4 is 23.8 Å². The molecule has 11 nitrogen and oxygen atoms in total. The maximum Gasteiger partial charge on any atom is 0.336 e. The summed E-state index contributed by atoms with van der Waals surface area (Å²) in [4.78, 5) is 44.6. The fourth-order valence-electron chi connectivity index (χ4n) is 4.59. The third-order valence-electron chi connectivity index (χ3n) is 6.48. The standard InChI is InChI=1S/C23H25FN2O2.C6H8O7/c1-3-16-28-22-11-7-4-8-19(22)17-26-14-12-23(13-15-26,25-18(2)27)20-9-5-6-10-21(20)24;7-3(8)1-6(13,5(11)12)2-4(9)10/h1,4-11H,12-17H2,2H3,(H,25,27);13H,1-2H2,(H,7,8)(H,9,10)(H,11,12). The van der Waals surface area contributed by atoms with Crippen molar-refractivity contribution in [2.45, 2.75) is 50.3 Å². The first-order valence-corrected chi connectivity index (χ1v) is 12.6. The van der Waals surface area contributed by atoms with Crippen LogP contribution < -0.4 is 10.1 Å². The smallest absolute Gasteiger partial charge is 0.336 e. The maximum atomic E-state index is 14.5. The number of aliphatic hydroxyl groups is 1. The first kappa shape index (κ1) is 32.7. The van der Waals surface area contributed by atoms with Crippen LogP contribution in [0.4, 0.5) is 4.39 Å². The number of benzene rings is 2. The summed E-state index contributed by atoms with van der Waals surface area (Å²) in [5, 5.41) is 36.8. The van der Waals surface area contributed by atoms with Gasteiger partial charge in [0.2, 0.25) is 5.91 Å². The molecule has 0 aromatic heterocycles. The number of terminal acetylenes is 1. The third-order valence-corrected chi connectivity index (χ3v) is 6.48. The molecular weight excluding hydrogens is 539 g/mol. The molecule has 41 heavy (non-hydrogen) atoms. The highest BCUT2D eigenvalue weighted by atomic mass is 19.1. The fourth-order valence-corrected chi connectivity index (χ4v) is 4.59. The van der Waals surface area contributed by atoms with E-state index in [1.54, 1.807) is 12.1 Å². The Bertz CT molecular complexity index is 1270. The number of carbonyl (C=O) groups excluding carboxylic acids is 1. The number of nitrogens with zero attached hydrogens (tertiary/aromatic N) is 1. The molecule has 0 radical (unpaired) electrons. The molecule has 1 heterocycles. The Hall–Kier alpha value is -4.47. The number of ether oxygens (including phenoxy) is 1. The van der Waals surface area contributed by atoms with Crippen molar-refractivity contribution in [1.82, 2.24) is 10.2 Å². The summed E-state index contributed by atoms with van der Waals surface area (Å²) in [6.07, 6.45) is 4.29. The molecule has 0 unspecified atom stereocenters. The number of amides is 1. The minimum Gasteiger partial charge on any atom is -0.481 e. The number of carboxylic acid groups (broad SMARTS) is 3. The predicted octanol–water partition coefficient (Wildman–Crippen LogP) is 2.22. The van der Waals surface area contributed by atoms with Gasteiger partial charge in [0.25, 0.3) is 0 Å². The number of carboxylic acids is 3. The van der Waals surface area contributed by atoms with E-state index in [0.29, 0.717) is 24.9 Å². The lowest BCUT2D eigenvalue weighted by atomic mass is 9.80. The highest BCUT2D eigenvalue weighted by Gasteiger charge is 2.41. The Morgan fingerprint density at radius 1 is 1.02 bits per heavy atom. The van der Waals surface area contributed by atoms with Gasteiger partial charge >= 0.3 is 17.9 Å². The van der Waals surface area contributed by atoms with Crippen molar-refractivity contribution < 1.29 is 48.7 Å². The van der Waals surface area contributed by atoms with E-state index in [1.807, 2.05) is 30.3 Å². The second kappa shape index (κ2) is 14.8. The quantitative estimate of drug-likeness (QED) is 0.251. The first-order chi connectivity index (χ1) is 19.3. The number of likely N-dealkylation sites (tertiary alicyclic amines) is 1. The number of hydrogen-bond acceptors (Lipinski definition) is 7. The lowest BCUT2D eigenvalue weighted by Gasteiger charge is -2.42. The minimum absolute atomic E-state index is 0.148. The highest BCUT2D eigenvalue weighted by Crippen LogP contribution is 2.35. The Balaban J connectivity index is 0.000000383. The van der Waals surface area contributed by atoms with E-state index < -0.39 is 41.9 Å². The van der Waals surface area contributed by atoms with Gasteiger partial charge in [-0.25, -0.2) is 9.18 Å². The van der Waals surface area contributed by atoms with E-state index in [4.69, 9.17) is 31.6 Å². The van der Waals surface area contributed by atoms with Crippen LogP contribution in [-0.4, -0.2) is 74.4 Å². The van der Waals surface area contributed by atoms with E-state index >= 15 is 0 Å². The molecule has 2 aromatic carbocycles. The molecule has 0 saturated carbocycles. The molecule has 0 bridgehead atoms. The van der Waals surface area contributed by atoms with Crippen LogP contribution in [-0.2, 0) is 31.3 Å². The Labute approximate surface area is 236 Å². The zero-order valence-corrected chi connectivity index (χ0v) is 22.5. The van der Waals surface area contributed by atoms with Crippen LogP contribution in [0.25, 0.3) is 0 Å². The molecular formula is C29H33FN2O9.